The minimum absolute atomic E-state index is 0.173. The van der Waals surface area contributed by atoms with Crippen LogP contribution >= 0.6 is 0 Å². The standard InChI is InChI=1S/C13H19NO/c1-13(2,12(15)14(3)4)10-11-8-6-5-7-9-11/h5-9H,10H2,1-4H3. The molecule has 0 saturated carbocycles. The van der Waals surface area contributed by atoms with Crippen molar-refractivity contribution in [3.63, 3.8) is 0 Å². The molecule has 0 aliphatic rings. The first-order valence-corrected chi connectivity index (χ1v) is 5.19. The van der Waals surface area contributed by atoms with Gasteiger partial charge in [-0.05, 0) is 12.0 Å². The summed E-state index contributed by atoms with van der Waals surface area (Å²) in [6, 6.07) is 10.1. The molecule has 82 valence electrons. The lowest BCUT2D eigenvalue weighted by molar-refractivity contribution is -0.137. The smallest absolute Gasteiger partial charge is 0.228 e. The minimum atomic E-state index is -0.329. The molecule has 1 aromatic rings. The minimum Gasteiger partial charge on any atom is -0.348 e. The van der Waals surface area contributed by atoms with Gasteiger partial charge in [0.25, 0.3) is 0 Å². The third-order valence-corrected chi connectivity index (χ3v) is 2.47. The lowest BCUT2D eigenvalue weighted by atomic mass is 9.84. The maximum absolute atomic E-state index is 11.9. The normalized spacial score (nSPS) is 11.2. The molecule has 2 nitrogen and oxygen atoms in total. The summed E-state index contributed by atoms with van der Waals surface area (Å²) in [5.41, 5.74) is 0.878. The summed E-state index contributed by atoms with van der Waals surface area (Å²) in [5.74, 6) is 0.173. The van der Waals surface area contributed by atoms with Crippen LogP contribution in [0.5, 0.6) is 0 Å². The van der Waals surface area contributed by atoms with Crippen molar-refractivity contribution in [1.82, 2.24) is 4.90 Å². The van der Waals surface area contributed by atoms with E-state index in [1.165, 1.54) is 5.56 Å². The average molecular weight is 205 g/mol. The number of hydrogen-bond acceptors (Lipinski definition) is 1. The summed E-state index contributed by atoms with van der Waals surface area (Å²) < 4.78 is 0. The Morgan fingerprint density at radius 3 is 2.20 bits per heavy atom. The fourth-order valence-corrected chi connectivity index (χ4v) is 1.79. The maximum atomic E-state index is 11.9. The first kappa shape index (κ1) is 11.8. The second kappa shape index (κ2) is 4.47. The quantitative estimate of drug-likeness (QED) is 0.741. The topological polar surface area (TPSA) is 20.3 Å². The van der Waals surface area contributed by atoms with E-state index in [-0.39, 0.29) is 11.3 Å². The predicted octanol–water partition coefficient (Wildman–Crippen LogP) is 2.34. The number of hydrogen-bond donors (Lipinski definition) is 0. The predicted molar refractivity (Wildman–Crippen MR) is 62.6 cm³/mol. The maximum Gasteiger partial charge on any atom is 0.228 e. The molecule has 0 atom stereocenters. The molecular formula is C13H19NO. The van der Waals surface area contributed by atoms with E-state index in [2.05, 4.69) is 12.1 Å². The van der Waals surface area contributed by atoms with Crippen molar-refractivity contribution < 1.29 is 4.79 Å². The van der Waals surface area contributed by atoms with E-state index in [4.69, 9.17) is 0 Å². The van der Waals surface area contributed by atoms with Crippen LogP contribution in [-0.4, -0.2) is 24.9 Å². The molecule has 0 aliphatic carbocycles. The summed E-state index contributed by atoms with van der Waals surface area (Å²) in [6.45, 7) is 3.98. The summed E-state index contributed by atoms with van der Waals surface area (Å²) >= 11 is 0. The molecule has 0 N–H and O–H groups in total. The number of amides is 1. The van der Waals surface area contributed by atoms with Crippen LogP contribution in [0.2, 0.25) is 0 Å². The van der Waals surface area contributed by atoms with E-state index >= 15 is 0 Å². The van der Waals surface area contributed by atoms with Gasteiger partial charge in [-0.1, -0.05) is 44.2 Å². The highest BCUT2D eigenvalue weighted by Crippen LogP contribution is 2.23. The zero-order chi connectivity index (χ0) is 11.5. The zero-order valence-electron chi connectivity index (χ0n) is 9.95. The molecule has 0 aromatic heterocycles. The fraction of sp³-hybridized carbons (Fsp3) is 0.462. The molecule has 15 heavy (non-hydrogen) atoms. The SMILES string of the molecule is CN(C)C(=O)C(C)(C)Cc1ccccc1. The lowest BCUT2D eigenvalue weighted by Crippen LogP contribution is -2.37. The number of nitrogens with zero attached hydrogens (tertiary/aromatic N) is 1. The van der Waals surface area contributed by atoms with Gasteiger partial charge in [-0.2, -0.15) is 0 Å². The summed E-state index contributed by atoms with van der Waals surface area (Å²) in [7, 11) is 3.60. The molecule has 2 heteroatoms. The van der Waals surface area contributed by atoms with Crippen LogP contribution in [0.15, 0.2) is 30.3 Å². The first-order valence-electron chi connectivity index (χ1n) is 5.19. The van der Waals surface area contributed by atoms with Gasteiger partial charge in [0.05, 0.1) is 0 Å². The molecule has 1 amide bonds. The van der Waals surface area contributed by atoms with E-state index in [1.807, 2.05) is 32.0 Å². The molecule has 0 fully saturated rings. The Bertz CT molecular complexity index is 328. The van der Waals surface area contributed by atoms with Gasteiger partial charge in [0.1, 0.15) is 0 Å². The van der Waals surface area contributed by atoms with Crippen molar-refractivity contribution in [3.05, 3.63) is 35.9 Å². The molecule has 0 spiro atoms. The molecule has 0 aliphatic heterocycles. The highest BCUT2D eigenvalue weighted by atomic mass is 16.2. The Morgan fingerprint density at radius 2 is 1.73 bits per heavy atom. The van der Waals surface area contributed by atoms with Crippen molar-refractivity contribution in [2.45, 2.75) is 20.3 Å². The summed E-state index contributed by atoms with van der Waals surface area (Å²) in [5, 5.41) is 0. The van der Waals surface area contributed by atoms with Gasteiger partial charge in [0, 0.05) is 19.5 Å². The van der Waals surface area contributed by atoms with Gasteiger partial charge in [-0.25, -0.2) is 0 Å². The lowest BCUT2D eigenvalue weighted by Gasteiger charge is -2.27. The Kier molecular flexibility index (Phi) is 3.51. The first-order chi connectivity index (χ1) is 6.93. The zero-order valence-corrected chi connectivity index (χ0v) is 9.95. The van der Waals surface area contributed by atoms with Crippen molar-refractivity contribution in [2.75, 3.05) is 14.1 Å². The average Bonchev–Trinajstić information content (AvgIpc) is 2.17. The summed E-state index contributed by atoms with van der Waals surface area (Å²) in [6.07, 6.45) is 0.783. The third kappa shape index (κ3) is 3.08. The van der Waals surface area contributed by atoms with Crippen molar-refractivity contribution >= 4 is 5.91 Å². The van der Waals surface area contributed by atoms with E-state index < -0.39 is 0 Å². The number of carbonyl (C=O) groups excluding carboxylic acids is 1. The van der Waals surface area contributed by atoms with Gasteiger partial charge >= 0.3 is 0 Å². The van der Waals surface area contributed by atoms with Crippen molar-refractivity contribution in [2.24, 2.45) is 5.41 Å². The Balaban J connectivity index is 2.77. The number of benzene rings is 1. The third-order valence-electron chi connectivity index (χ3n) is 2.47. The molecule has 0 unspecified atom stereocenters. The fourth-order valence-electron chi connectivity index (χ4n) is 1.79. The number of carbonyl (C=O) groups is 1. The van der Waals surface area contributed by atoms with Gasteiger partial charge in [-0.3, -0.25) is 4.79 Å². The van der Waals surface area contributed by atoms with E-state index in [1.54, 1.807) is 19.0 Å². The Morgan fingerprint density at radius 1 is 1.20 bits per heavy atom. The van der Waals surface area contributed by atoms with Crippen LogP contribution in [0, 0.1) is 5.41 Å². The summed E-state index contributed by atoms with van der Waals surface area (Å²) in [4.78, 5) is 13.6. The van der Waals surface area contributed by atoms with Gasteiger partial charge in [-0.15, -0.1) is 0 Å². The van der Waals surface area contributed by atoms with Crippen LogP contribution in [0.3, 0.4) is 0 Å². The Hall–Kier alpha value is -1.31. The Labute approximate surface area is 91.9 Å². The van der Waals surface area contributed by atoms with Crippen LogP contribution < -0.4 is 0 Å². The van der Waals surface area contributed by atoms with Crippen molar-refractivity contribution in [3.8, 4) is 0 Å². The van der Waals surface area contributed by atoms with Gasteiger partial charge in [0.15, 0.2) is 0 Å². The van der Waals surface area contributed by atoms with Crippen LogP contribution in [-0.2, 0) is 11.2 Å². The molecule has 0 radical (unpaired) electrons. The second-order valence-electron chi connectivity index (χ2n) is 4.75. The highest BCUT2D eigenvalue weighted by molar-refractivity contribution is 5.81. The molecule has 1 rings (SSSR count). The van der Waals surface area contributed by atoms with E-state index in [0.717, 1.165) is 6.42 Å². The van der Waals surface area contributed by atoms with Crippen LogP contribution in [0.4, 0.5) is 0 Å². The van der Waals surface area contributed by atoms with E-state index in [9.17, 15) is 4.79 Å². The number of rotatable bonds is 3. The van der Waals surface area contributed by atoms with Crippen molar-refractivity contribution in [1.29, 1.82) is 0 Å². The monoisotopic (exact) mass is 205 g/mol. The highest BCUT2D eigenvalue weighted by Gasteiger charge is 2.29. The molecule has 0 bridgehead atoms. The van der Waals surface area contributed by atoms with Gasteiger partial charge in [0.2, 0.25) is 5.91 Å². The largest absolute Gasteiger partial charge is 0.348 e. The van der Waals surface area contributed by atoms with Crippen LogP contribution in [0.25, 0.3) is 0 Å². The molecule has 1 aromatic carbocycles. The molecule has 0 saturated heterocycles. The van der Waals surface area contributed by atoms with Crippen LogP contribution in [0.1, 0.15) is 19.4 Å². The second-order valence-corrected chi connectivity index (χ2v) is 4.75. The molecule has 0 heterocycles. The molecular weight excluding hydrogens is 186 g/mol. The van der Waals surface area contributed by atoms with E-state index in [0.29, 0.717) is 0 Å². The van der Waals surface area contributed by atoms with Gasteiger partial charge < -0.3 is 4.90 Å².